The second-order valence-electron chi connectivity index (χ2n) is 5.28. The van der Waals surface area contributed by atoms with Gasteiger partial charge >= 0.3 is 0 Å². The summed E-state index contributed by atoms with van der Waals surface area (Å²) >= 11 is 0. The van der Waals surface area contributed by atoms with Crippen molar-refractivity contribution in [2.24, 2.45) is 5.92 Å². The van der Waals surface area contributed by atoms with Gasteiger partial charge in [-0.25, -0.2) is 13.1 Å². The molecule has 0 aliphatic rings. The van der Waals surface area contributed by atoms with Crippen molar-refractivity contribution >= 4 is 10.0 Å². The molecule has 21 heavy (non-hydrogen) atoms. The lowest BCUT2D eigenvalue weighted by molar-refractivity contribution is 0.128. The summed E-state index contributed by atoms with van der Waals surface area (Å²) in [4.78, 5) is 0.142. The summed E-state index contributed by atoms with van der Waals surface area (Å²) in [5, 5.41) is 8.85. The van der Waals surface area contributed by atoms with E-state index in [4.69, 9.17) is 10.00 Å². The van der Waals surface area contributed by atoms with Crippen molar-refractivity contribution < 1.29 is 13.2 Å². The lowest BCUT2D eigenvalue weighted by Gasteiger charge is -2.10. The molecular weight excluding hydrogens is 288 g/mol. The predicted molar refractivity (Wildman–Crippen MR) is 81.4 cm³/mol. The van der Waals surface area contributed by atoms with E-state index in [1.165, 1.54) is 6.07 Å². The molecule has 0 heterocycles. The first-order valence-electron chi connectivity index (χ1n) is 6.95. The van der Waals surface area contributed by atoms with Gasteiger partial charge in [0.15, 0.2) is 0 Å². The number of rotatable bonds is 8. The fourth-order valence-corrected chi connectivity index (χ4v) is 2.99. The van der Waals surface area contributed by atoms with E-state index in [1.807, 2.05) is 6.07 Å². The highest BCUT2D eigenvalue weighted by molar-refractivity contribution is 7.89. The third-order valence-electron chi connectivity index (χ3n) is 2.98. The molecule has 0 aromatic heterocycles. The maximum absolute atomic E-state index is 12.2. The van der Waals surface area contributed by atoms with Crippen LogP contribution in [0.4, 0.5) is 0 Å². The number of sulfonamides is 1. The minimum absolute atomic E-state index is 0.142. The number of aryl methyl sites for hydroxylation is 1. The van der Waals surface area contributed by atoms with Gasteiger partial charge in [0.1, 0.15) is 0 Å². The lowest BCUT2D eigenvalue weighted by atomic mass is 10.1. The number of hydrogen-bond acceptors (Lipinski definition) is 4. The van der Waals surface area contributed by atoms with Crippen LogP contribution in [0.15, 0.2) is 23.1 Å². The van der Waals surface area contributed by atoms with Gasteiger partial charge in [-0.1, -0.05) is 19.9 Å². The van der Waals surface area contributed by atoms with Gasteiger partial charge in [0.25, 0.3) is 0 Å². The van der Waals surface area contributed by atoms with E-state index in [-0.39, 0.29) is 11.4 Å². The molecule has 1 aromatic carbocycles. The third-order valence-corrected chi connectivity index (χ3v) is 4.59. The topological polar surface area (TPSA) is 79.2 Å². The Hall–Kier alpha value is -1.42. The quantitative estimate of drug-likeness (QED) is 0.747. The number of ether oxygens (including phenoxy) is 1. The van der Waals surface area contributed by atoms with Crippen LogP contribution in [-0.4, -0.2) is 28.2 Å². The van der Waals surface area contributed by atoms with E-state index in [9.17, 15) is 8.42 Å². The minimum Gasteiger partial charge on any atom is -0.380 e. The van der Waals surface area contributed by atoms with Gasteiger partial charge in [0, 0.05) is 13.2 Å². The van der Waals surface area contributed by atoms with E-state index in [0.29, 0.717) is 30.3 Å². The molecular formula is C15H22N2O3S. The first kappa shape index (κ1) is 17.6. The SMILES string of the molecule is Cc1ccc(C#N)cc1S(=O)(=O)NCCOCCC(C)C. The molecule has 6 heteroatoms. The van der Waals surface area contributed by atoms with E-state index in [2.05, 4.69) is 18.6 Å². The minimum atomic E-state index is -3.61. The molecule has 0 bridgehead atoms. The van der Waals surface area contributed by atoms with Crippen molar-refractivity contribution in [1.82, 2.24) is 4.72 Å². The molecule has 0 saturated heterocycles. The molecule has 0 spiro atoms. The van der Waals surface area contributed by atoms with Crippen LogP contribution in [0.2, 0.25) is 0 Å². The molecule has 1 rings (SSSR count). The molecule has 0 unspecified atom stereocenters. The van der Waals surface area contributed by atoms with Gasteiger partial charge < -0.3 is 4.74 Å². The summed E-state index contributed by atoms with van der Waals surface area (Å²) in [6.07, 6.45) is 0.954. The van der Waals surface area contributed by atoms with Crippen LogP contribution >= 0.6 is 0 Å². The first-order valence-corrected chi connectivity index (χ1v) is 8.43. The molecule has 0 aliphatic carbocycles. The molecule has 0 aliphatic heterocycles. The Balaban J connectivity index is 2.56. The molecule has 116 valence electrons. The Bertz CT molecular complexity index is 604. The highest BCUT2D eigenvalue weighted by Crippen LogP contribution is 2.16. The molecule has 0 fully saturated rings. The molecule has 0 atom stereocenters. The Labute approximate surface area is 127 Å². The van der Waals surface area contributed by atoms with Gasteiger partial charge in [-0.05, 0) is 37.0 Å². The molecule has 0 amide bonds. The smallest absolute Gasteiger partial charge is 0.240 e. The van der Waals surface area contributed by atoms with Crippen LogP contribution in [0.3, 0.4) is 0 Å². The summed E-state index contributed by atoms with van der Waals surface area (Å²) in [7, 11) is -3.61. The summed E-state index contributed by atoms with van der Waals surface area (Å²) in [6, 6.07) is 6.56. The number of nitriles is 1. The van der Waals surface area contributed by atoms with Crippen LogP contribution in [0, 0.1) is 24.2 Å². The summed E-state index contributed by atoms with van der Waals surface area (Å²) < 4.78 is 32.2. The number of benzene rings is 1. The average molecular weight is 310 g/mol. The predicted octanol–water partition coefficient (Wildman–Crippen LogP) is 2.21. The summed E-state index contributed by atoms with van der Waals surface area (Å²) in [5.41, 5.74) is 0.941. The fraction of sp³-hybridized carbons (Fsp3) is 0.533. The van der Waals surface area contributed by atoms with Gasteiger partial charge in [0.05, 0.1) is 23.1 Å². The Morgan fingerprint density at radius 2 is 2.05 bits per heavy atom. The van der Waals surface area contributed by atoms with Crippen LogP contribution in [0.5, 0.6) is 0 Å². The number of nitrogens with zero attached hydrogens (tertiary/aromatic N) is 1. The van der Waals surface area contributed by atoms with E-state index in [0.717, 1.165) is 6.42 Å². The third kappa shape index (κ3) is 5.84. The fourth-order valence-electron chi connectivity index (χ4n) is 1.71. The van der Waals surface area contributed by atoms with Gasteiger partial charge in [0.2, 0.25) is 10.0 Å². The van der Waals surface area contributed by atoms with Crippen molar-refractivity contribution in [2.75, 3.05) is 19.8 Å². The van der Waals surface area contributed by atoms with Gasteiger partial charge in [-0.3, -0.25) is 0 Å². The molecule has 0 saturated carbocycles. The average Bonchev–Trinajstić information content (AvgIpc) is 2.42. The normalized spacial score (nSPS) is 11.6. The zero-order valence-electron chi connectivity index (χ0n) is 12.7. The van der Waals surface area contributed by atoms with E-state index >= 15 is 0 Å². The second kappa shape index (κ2) is 8.13. The van der Waals surface area contributed by atoms with Crippen LogP contribution in [-0.2, 0) is 14.8 Å². The number of nitrogens with one attached hydrogen (secondary N) is 1. The zero-order chi connectivity index (χ0) is 15.9. The van der Waals surface area contributed by atoms with E-state index in [1.54, 1.807) is 19.1 Å². The van der Waals surface area contributed by atoms with E-state index < -0.39 is 10.0 Å². The first-order chi connectivity index (χ1) is 9.86. The monoisotopic (exact) mass is 310 g/mol. The van der Waals surface area contributed by atoms with Gasteiger partial charge in [-0.2, -0.15) is 5.26 Å². The van der Waals surface area contributed by atoms with Crippen molar-refractivity contribution in [1.29, 1.82) is 5.26 Å². The molecule has 0 radical (unpaired) electrons. The highest BCUT2D eigenvalue weighted by atomic mass is 32.2. The molecule has 1 N–H and O–H groups in total. The van der Waals surface area contributed by atoms with Crippen molar-refractivity contribution in [3.8, 4) is 6.07 Å². The van der Waals surface area contributed by atoms with Crippen LogP contribution < -0.4 is 4.72 Å². The largest absolute Gasteiger partial charge is 0.380 e. The maximum atomic E-state index is 12.2. The molecule has 1 aromatic rings. The summed E-state index contributed by atoms with van der Waals surface area (Å²) in [6.45, 7) is 7.10. The Kier molecular flexibility index (Phi) is 6.82. The number of hydrogen-bond donors (Lipinski definition) is 1. The van der Waals surface area contributed by atoms with Crippen LogP contribution in [0.1, 0.15) is 31.4 Å². The van der Waals surface area contributed by atoms with Crippen molar-refractivity contribution in [3.05, 3.63) is 29.3 Å². The Morgan fingerprint density at radius 1 is 1.33 bits per heavy atom. The maximum Gasteiger partial charge on any atom is 0.240 e. The summed E-state index contributed by atoms with van der Waals surface area (Å²) in [5.74, 6) is 0.568. The zero-order valence-corrected chi connectivity index (χ0v) is 13.5. The van der Waals surface area contributed by atoms with Crippen molar-refractivity contribution in [2.45, 2.75) is 32.1 Å². The Morgan fingerprint density at radius 3 is 2.67 bits per heavy atom. The van der Waals surface area contributed by atoms with Crippen LogP contribution in [0.25, 0.3) is 0 Å². The molecule has 5 nitrogen and oxygen atoms in total. The highest BCUT2D eigenvalue weighted by Gasteiger charge is 2.16. The standard InChI is InChI=1S/C15H22N2O3S/c1-12(2)6-8-20-9-7-17-21(18,19)15-10-14(11-16)5-4-13(15)3/h4-5,10,12,17H,6-9H2,1-3H3. The second-order valence-corrected chi connectivity index (χ2v) is 7.02. The van der Waals surface area contributed by atoms with Crippen molar-refractivity contribution in [3.63, 3.8) is 0 Å². The van der Waals surface area contributed by atoms with Gasteiger partial charge in [-0.15, -0.1) is 0 Å². The lowest BCUT2D eigenvalue weighted by Crippen LogP contribution is -2.28.